The third-order valence-electron chi connectivity index (χ3n) is 3.21. The number of carboxylic acid groups (broad SMARTS) is 1. The van der Waals surface area contributed by atoms with Gasteiger partial charge in [-0.3, -0.25) is 4.68 Å². The van der Waals surface area contributed by atoms with Gasteiger partial charge in [0, 0.05) is 12.4 Å². The van der Waals surface area contributed by atoms with Crippen molar-refractivity contribution in [2.45, 2.75) is 30.5 Å². The molecule has 0 aliphatic heterocycles. The smallest absolute Gasteiger partial charge is 0.434 e. The lowest BCUT2D eigenvalue weighted by Gasteiger charge is -2.14. The molecular formula is C12H13F3N4O4S2. The zero-order valence-corrected chi connectivity index (χ0v) is 14.5. The maximum atomic E-state index is 12.6. The number of nitrogens with zero attached hydrogens (tertiary/aromatic N) is 3. The van der Waals surface area contributed by atoms with Crippen LogP contribution in [-0.2, 0) is 23.2 Å². The van der Waals surface area contributed by atoms with Crippen molar-refractivity contribution in [3.8, 4) is 0 Å². The number of sulfonamides is 1. The number of rotatable bonds is 6. The average molecular weight is 398 g/mol. The molecule has 0 saturated heterocycles. The van der Waals surface area contributed by atoms with Gasteiger partial charge in [-0.15, -0.1) is 11.3 Å². The second-order valence-corrected chi connectivity index (χ2v) is 7.51. The molecule has 1 atom stereocenters. The highest BCUT2D eigenvalue weighted by molar-refractivity contribution is 7.89. The molecule has 2 aromatic rings. The topological polar surface area (TPSA) is 114 Å². The maximum absolute atomic E-state index is 12.6. The van der Waals surface area contributed by atoms with Crippen LogP contribution in [0.3, 0.4) is 0 Å². The van der Waals surface area contributed by atoms with Gasteiger partial charge in [0.2, 0.25) is 10.0 Å². The molecule has 0 aliphatic rings. The number of aromatic carboxylic acids is 1. The molecule has 2 rings (SSSR count). The lowest BCUT2D eigenvalue weighted by atomic mass is 10.2. The lowest BCUT2D eigenvalue weighted by molar-refractivity contribution is -0.140. The first-order valence-electron chi connectivity index (χ1n) is 6.77. The third-order valence-corrected chi connectivity index (χ3v) is 5.64. The minimum atomic E-state index is -4.63. The van der Waals surface area contributed by atoms with E-state index < -0.39 is 44.5 Å². The highest BCUT2D eigenvalue weighted by atomic mass is 32.2. The molecule has 0 fully saturated rings. The predicted octanol–water partition coefficient (Wildman–Crippen LogP) is 2.02. The van der Waals surface area contributed by atoms with Crippen LogP contribution in [0, 0.1) is 0 Å². The van der Waals surface area contributed by atoms with Crippen molar-refractivity contribution in [3.63, 3.8) is 0 Å². The van der Waals surface area contributed by atoms with E-state index in [1.807, 2.05) is 0 Å². The Balaban J connectivity index is 2.35. The highest BCUT2D eigenvalue weighted by Gasteiger charge is 2.35. The van der Waals surface area contributed by atoms with Crippen LogP contribution in [0.25, 0.3) is 0 Å². The second kappa shape index (κ2) is 6.72. The van der Waals surface area contributed by atoms with Crippen LogP contribution < -0.4 is 4.72 Å². The molecule has 0 amide bonds. The first-order chi connectivity index (χ1) is 11.5. The minimum absolute atomic E-state index is 0.0702. The zero-order valence-electron chi connectivity index (χ0n) is 12.9. The summed E-state index contributed by atoms with van der Waals surface area (Å²) < 4.78 is 65.9. The van der Waals surface area contributed by atoms with Crippen molar-refractivity contribution in [1.82, 2.24) is 19.5 Å². The van der Waals surface area contributed by atoms with Crippen LogP contribution in [0.4, 0.5) is 13.2 Å². The Morgan fingerprint density at radius 3 is 2.60 bits per heavy atom. The van der Waals surface area contributed by atoms with Crippen molar-refractivity contribution >= 4 is 27.3 Å². The first-order valence-corrected chi connectivity index (χ1v) is 9.14. The number of aromatic nitrogens is 3. The summed E-state index contributed by atoms with van der Waals surface area (Å²) in [5.41, 5.74) is -1.67. The van der Waals surface area contributed by atoms with E-state index in [9.17, 15) is 26.4 Å². The monoisotopic (exact) mass is 398 g/mol. The van der Waals surface area contributed by atoms with Gasteiger partial charge in [0.1, 0.15) is 9.90 Å². The molecule has 0 saturated carbocycles. The number of aryl methyl sites for hydroxylation is 1. The van der Waals surface area contributed by atoms with E-state index in [4.69, 9.17) is 5.11 Å². The Bertz CT molecular complexity index is 889. The number of nitrogens with one attached hydrogen (secondary N) is 1. The van der Waals surface area contributed by atoms with Gasteiger partial charge in [-0.2, -0.15) is 18.3 Å². The standard InChI is InChI=1S/C12H13F3N4O4S2/c1-3-6(10-17-8(5-24-10)12(13,14)15)18-25(22,23)7-4-16-19(2)9(7)11(20)21/h4-6,18H,3H2,1-2H3,(H,20,21). The summed E-state index contributed by atoms with van der Waals surface area (Å²) in [4.78, 5) is 14.0. The van der Waals surface area contributed by atoms with E-state index in [1.54, 1.807) is 6.92 Å². The molecule has 2 aromatic heterocycles. The molecule has 0 aromatic carbocycles. The van der Waals surface area contributed by atoms with E-state index in [0.29, 0.717) is 11.3 Å². The highest BCUT2D eigenvalue weighted by Crippen LogP contribution is 2.33. The van der Waals surface area contributed by atoms with Crippen LogP contribution >= 0.6 is 11.3 Å². The van der Waals surface area contributed by atoms with Crippen LogP contribution in [0.5, 0.6) is 0 Å². The molecule has 0 bridgehead atoms. The molecule has 13 heteroatoms. The van der Waals surface area contributed by atoms with Gasteiger partial charge in [-0.1, -0.05) is 6.92 Å². The van der Waals surface area contributed by atoms with Gasteiger partial charge in [-0.05, 0) is 6.42 Å². The third kappa shape index (κ3) is 3.99. The quantitative estimate of drug-likeness (QED) is 0.770. The summed E-state index contributed by atoms with van der Waals surface area (Å²) in [6.07, 6.45) is -3.65. The van der Waals surface area contributed by atoms with Crippen LogP contribution in [-0.4, -0.2) is 34.3 Å². The van der Waals surface area contributed by atoms with E-state index in [1.165, 1.54) is 7.05 Å². The number of thiazole rings is 1. The lowest BCUT2D eigenvalue weighted by Crippen LogP contribution is -2.29. The van der Waals surface area contributed by atoms with Gasteiger partial charge >= 0.3 is 12.1 Å². The Hall–Kier alpha value is -1.99. The van der Waals surface area contributed by atoms with E-state index >= 15 is 0 Å². The fourth-order valence-electron chi connectivity index (χ4n) is 1.99. The Kier molecular flexibility index (Phi) is 5.20. The van der Waals surface area contributed by atoms with Crippen molar-refractivity contribution in [2.75, 3.05) is 0 Å². The first kappa shape index (κ1) is 19.3. The summed E-state index contributed by atoms with van der Waals surface area (Å²) in [6.45, 7) is 1.56. The number of hydrogen-bond acceptors (Lipinski definition) is 6. The Morgan fingerprint density at radius 1 is 1.48 bits per heavy atom. The van der Waals surface area contributed by atoms with Gasteiger partial charge in [0.15, 0.2) is 11.4 Å². The molecule has 0 aliphatic carbocycles. The SMILES string of the molecule is CCC(NS(=O)(=O)c1cnn(C)c1C(=O)O)c1nc(C(F)(F)F)cs1. The van der Waals surface area contributed by atoms with Gasteiger partial charge in [0.25, 0.3) is 0 Å². The Morgan fingerprint density at radius 2 is 2.12 bits per heavy atom. The van der Waals surface area contributed by atoms with Gasteiger partial charge in [-0.25, -0.2) is 22.9 Å². The predicted molar refractivity (Wildman–Crippen MR) is 80.6 cm³/mol. The summed E-state index contributed by atoms with van der Waals surface area (Å²) in [5, 5.41) is 13.4. The fraction of sp³-hybridized carbons (Fsp3) is 0.417. The van der Waals surface area contributed by atoms with E-state index in [-0.39, 0.29) is 11.4 Å². The van der Waals surface area contributed by atoms with Crippen LogP contribution in [0.1, 0.15) is 40.6 Å². The molecule has 0 spiro atoms. The fourth-order valence-corrected chi connectivity index (χ4v) is 4.47. The molecule has 138 valence electrons. The van der Waals surface area contributed by atoms with E-state index in [0.717, 1.165) is 16.3 Å². The van der Waals surface area contributed by atoms with Gasteiger partial charge in [0.05, 0.1) is 12.2 Å². The Labute approximate surface area is 144 Å². The molecule has 1 unspecified atom stereocenters. The second-order valence-electron chi connectivity index (χ2n) is 4.94. The molecule has 2 heterocycles. The number of halogens is 3. The minimum Gasteiger partial charge on any atom is -0.476 e. The summed E-state index contributed by atoms with van der Waals surface area (Å²) >= 11 is 0.665. The summed E-state index contributed by atoms with van der Waals surface area (Å²) in [7, 11) is -3.07. The molecule has 2 N–H and O–H groups in total. The maximum Gasteiger partial charge on any atom is 0.434 e. The molecule has 25 heavy (non-hydrogen) atoms. The van der Waals surface area contributed by atoms with Crippen molar-refractivity contribution in [1.29, 1.82) is 0 Å². The summed E-state index contributed by atoms with van der Waals surface area (Å²) in [5.74, 6) is -1.50. The van der Waals surface area contributed by atoms with E-state index in [2.05, 4.69) is 14.8 Å². The number of carbonyl (C=O) groups is 1. The largest absolute Gasteiger partial charge is 0.476 e. The van der Waals surface area contributed by atoms with Gasteiger partial charge < -0.3 is 5.11 Å². The number of alkyl halides is 3. The number of hydrogen-bond donors (Lipinski definition) is 2. The number of carboxylic acids is 1. The van der Waals surface area contributed by atoms with Crippen LogP contribution in [0.15, 0.2) is 16.5 Å². The molecular weight excluding hydrogens is 385 g/mol. The zero-order chi connectivity index (χ0) is 19.0. The summed E-state index contributed by atoms with van der Waals surface area (Å²) in [6, 6.07) is -1.03. The van der Waals surface area contributed by atoms with Crippen molar-refractivity contribution < 1.29 is 31.5 Å². The molecule has 0 radical (unpaired) electrons. The average Bonchev–Trinajstić information content (AvgIpc) is 3.11. The molecule has 8 nitrogen and oxygen atoms in total. The van der Waals surface area contributed by atoms with Crippen molar-refractivity contribution in [3.05, 3.63) is 28.0 Å². The van der Waals surface area contributed by atoms with Crippen LogP contribution in [0.2, 0.25) is 0 Å². The van der Waals surface area contributed by atoms with Crippen molar-refractivity contribution in [2.24, 2.45) is 7.05 Å². The normalized spacial score (nSPS) is 13.8.